The highest BCUT2D eigenvalue weighted by Gasteiger charge is 2.42. The fourth-order valence-electron chi connectivity index (χ4n) is 3.58. The first kappa shape index (κ1) is 23.2. The molecule has 34 heavy (non-hydrogen) atoms. The summed E-state index contributed by atoms with van der Waals surface area (Å²) in [6, 6.07) is 25.5. The van der Waals surface area contributed by atoms with Gasteiger partial charge in [-0.05, 0) is 43.3 Å². The maximum Gasteiger partial charge on any atom is 0.340 e. The zero-order valence-corrected chi connectivity index (χ0v) is 18.5. The summed E-state index contributed by atoms with van der Waals surface area (Å²) < 4.78 is 22.7. The summed E-state index contributed by atoms with van der Waals surface area (Å²) in [5.41, 5.74) is 1.07. The van der Waals surface area contributed by atoms with E-state index >= 15 is 0 Å². The van der Waals surface area contributed by atoms with E-state index in [1.165, 1.54) is 0 Å². The van der Waals surface area contributed by atoms with E-state index in [1.807, 2.05) is 0 Å². The van der Waals surface area contributed by atoms with Gasteiger partial charge in [0.2, 0.25) is 6.29 Å². The Bertz CT molecular complexity index is 1120. The van der Waals surface area contributed by atoms with Crippen LogP contribution < -0.4 is 0 Å². The van der Waals surface area contributed by atoms with Crippen molar-refractivity contribution in [1.82, 2.24) is 0 Å². The van der Waals surface area contributed by atoms with Crippen LogP contribution in [0, 0.1) is 0 Å². The second-order valence-corrected chi connectivity index (χ2v) is 7.84. The van der Waals surface area contributed by atoms with Gasteiger partial charge in [-0.3, -0.25) is 0 Å². The highest BCUT2D eigenvalue weighted by Crippen LogP contribution is 2.28. The Hall–Kier alpha value is -3.97. The summed E-state index contributed by atoms with van der Waals surface area (Å²) >= 11 is 0. The number of ether oxygens (including phenoxy) is 4. The van der Waals surface area contributed by atoms with Gasteiger partial charge in [-0.2, -0.15) is 0 Å². The molecule has 7 nitrogen and oxygen atoms in total. The van der Waals surface area contributed by atoms with Crippen molar-refractivity contribution in [1.29, 1.82) is 0 Å². The van der Waals surface area contributed by atoms with Crippen molar-refractivity contribution in [2.24, 2.45) is 0 Å². The lowest BCUT2D eigenvalue weighted by molar-refractivity contribution is -0.239. The largest absolute Gasteiger partial charge is 0.456 e. The Labute approximate surface area is 197 Å². The maximum atomic E-state index is 12.7. The van der Waals surface area contributed by atoms with Crippen LogP contribution in [0.3, 0.4) is 0 Å². The number of hydrogen-bond donors (Lipinski definition) is 0. The molecule has 174 valence electrons. The molecule has 1 fully saturated rings. The van der Waals surface area contributed by atoms with Gasteiger partial charge >= 0.3 is 17.9 Å². The summed E-state index contributed by atoms with van der Waals surface area (Å²) in [7, 11) is 0. The zero-order chi connectivity index (χ0) is 23.9. The fourth-order valence-corrected chi connectivity index (χ4v) is 3.58. The topological polar surface area (TPSA) is 88.1 Å². The molecule has 3 aromatic carbocycles. The molecule has 0 aliphatic carbocycles. The van der Waals surface area contributed by atoms with Gasteiger partial charge in [0.15, 0.2) is 6.10 Å². The molecule has 7 heteroatoms. The average Bonchev–Trinajstić information content (AvgIpc) is 2.88. The molecule has 4 atom stereocenters. The van der Waals surface area contributed by atoms with Crippen molar-refractivity contribution >= 4 is 17.9 Å². The average molecular weight is 460 g/mol. The lowest BCUT2D eigenvalue weighted by Gasteiger charge is -2.38. The Kier molecular flexibility index (Phi) is 7.34. The smallest absolute Gasteiger partial charge is 0.340 e. The van der Waals surface area contributed by atoms with Crippen molar-refractivity contribution in [2.45, 2.75) is 37.9 Å². The Morgan fingerprint density at radius 1 is 0.618 bits per heavy atom. The minimum Gasteiger partial charge on any atom is -0.456 e. The van der Waals surface area contributed by atoms with Crippen molar-refractivity contribution in [3.63, 3.8) is 0 Å². The summed E-state index contributed by atoms with van der Waals surface area (Å²) in [6.07, 6.45) is -3.36. The van der Waals surface area contributed by atoms with Gasteiger partial charge in [0.05, 0.1) is 22.8 Å². The van der Waals surface area contributed by atoms with Crippen LogP contribution in [0.4, 0.5) is 0 Å². The molecule has 4 rings (SSSR count). The third-order valence-corrected chi connectivity index (χ3v) is 5.41. The van der Waals surface area contributed by atoms with Crippen LogP contribution in [-0.2, 0) is 18.9 Å². The third kappa shape index (κ3) is 5.68. The number of carbonyl (C=O) groups is 3. The van der Waals surface area contributed by atoms with Gasteiger partial charge in [-0.25, -0.2) is 14.4 Å². The lowest BCUT2D eigenvalue weighted by atomic mass is 10.0. The molecule has 1 aliphatic rings. The van der Waals surface area contributed by atoms with Crippen molar-refractivity contribution in [3.05, 3.63) is 108 Å². The van der Waals surface area contributed by atoms with Crippen LogP contribution in [0.25, 0.3) is 0 Å². The van der Waals surface area contributed by atoms with E-state index in [9.17, 15) is 14.4 Å². The molecule has 0 amide bonds. The van der Waals surface area contributed by atoms with Gasteiger partial charge in [0.25, 0.3) is 0 Å². The highest BCUT2D eigenvalue weighted by molar-refractivity contribution is 5.90. The summed E-state index contributed by atoms with van der Waals surface area (Å²) in [4.78, 5) is 37.9. The number of benzene rings is 3. The van der Waals surface area contributed by atoms with E-state index in [-0.39, 0.29) is 6.42 Å². The normalized spacial score (nSPS) is 21.8. The number of carbonyl (C=O) groups excluding carboxylic acids is 3. The molecule has 0 bridgehead atoms. The van der Waals surface area contributed by atoms with Crippen molar-refractivity contribution in [3.8, 4) is 0 Å². The fraction of sp³-hybridized carbons (Fsp3) is 0.222. The van der Waals surface area contributed by atoms with Crippen LogP contribution in [0.5, 0.6) is 0 Å². The molecule has 1 heterocycles. The SMILES string of the molecule is C[C@@H]1O[C@H](OC(=O)c2ccccc2)[C@@H](OC(=O)c2ccccc2)C[C@@H]1OC(=O)c1ccccc1. The van der Waals surface area contributed by atoms with E-state index in [2.05, 4.69) is 0 Å². The van der Waals surface area contributed by atoms with Crippen molar-refractivity contribution < 1.29 is 33.3 Å². The lowest BCUT2D eigenvalue weighted by Crippen LogP contribution is -2.51. The molecule has 1 aliphatic heterocycles. The van der Waals surface area contributed by atoms with Crippen LogP contribution in [0.15, 0.2) is 91.0 Å². The summed E-state index contributed by atoms with van der Waals surface area (Å²) in [5, 5.41) is 0. The molecule has 1 saturated heterocycles. The van der Waals surface area contributed by atoms with Crippen molar-refractivity contribution in [2.75, 3.05) is 0 Å². The van der Waals surface area contributed by atoms with Crippen LogP contribution >= 0.6 is 0 Å². The second-order valence-electron chi connectivity index (χ2n) is 7.84. The number of hydrogen-bond acceptors (Lipinski definition) is 7. The molecule has 0 radical (unpaired) electrons. The first-order valence-corrected chi connectivity index (χ1v) is 10.9. The minimum atomic E-state index is -1.16. The Morgan fingerprint density at radius 3 is 1.44 bits per heavy atom. The Balaban J connectivity index is 1.51. The molecule has 3 aromatic rings. The van der Waals surface area contributed by atoms with Crippen LogP contribution in [0.2, 0.25) is 0 Å². The number of esters is 3. The standard InChI is InChI=1S/C27H24O7/c1-18-22(32-24(28)19-11-5-2-6-12-19)17-23(33-25(29)20-13-7-3-8-14-20)27(31-18)34-26(30)21-15-9-4-10-16-21/h2-16,18,22-23,27H,17H2,1H3/t18-,22-,23-,27+/m0/s1. The second kappa shape index (κ2) is 10.8. The molecular weight excluding hydrogens is 436 g/mol. The summed E-state index contributed by atoms with van der Waals surface area (Å²) in [5.74, 6) is -1.73. The van der Waals surface area contributed by atoms with E-state index in [4.69, 9.17) is 18.9 Å². The van der Waals surface area contributed by atoms with Gasteiger partial charge in [0.1, 0.15) is 6.10 Å². The predicted molar refractivity (Wildman–Crippen MR) is 122 cm³/mol. The van der Waals surface area contributed by atoms with Gasteiger partial charge in [0, 0.05) is 6.42 Å². The highest BCUT2D eigenvalue weighted by atomic mass is 16.7. The molecule has 0 saturated carbocycles. The molecular formula is C27H24O7. The van der Waals surface area contributed by atoms with Crippen LogP contribution in [0.1, 0.15) is 44.4 Å². The number of rotatable bonds is 6. The molecule has 0 aromatic heterocycles. The minimum absolute atomic E-state index is 0.102. The maximum absolute atomic E-state index is 12.7. The first-order chi connectivity index (χ1) is 16.5. The van der Waals surface area contributed by atoms with E-state index in [0.29, 0.717) is 16.7 Å². The van der Waals surface area contributed by atoms with E-state index in [0.717, 1.165) is 0 Å². The monoisotopic (exact) mass is 460 g/mol. The van der Waals surface area contributed by atoms with Crippen LogP contribution in [-0.4, -0.2) is 42.5 Å². The molecule has 0 spiro atoms. The van der Waals surface area contributed by atoms with Gasteiger partial charge < -0.3 is 18.9 Å². The summed E-state index contributed by atoms with van der Waals surface area (Å²) in [6.45, 7) is 1.71. The first-order valence-electron chi connectivity index (χ1n) is 10.9. The molecule has 0 unspecified atom stereocenters. The zero-order valence-electron chi connectivity index (χ0n) is 18.5. The van der Waals surface area contributed by atoms with Gasteiger partial charge in [-0.15, -0.1) is 0 Å². The predicted octanol–water partition coefficient (Wildman–Crippen LogP) is 4.43. The van der Waals surface area contributed by atoms with Gasteiger partial charge in [-0.1, -0.05) is 54.6 Å². The van der Waals surface area contributed by atoms with E-state index in [1.54, 1.807) is 97.9 Å². The third-order valence-electron chi connectivity index (χ3n) is 5.41. The quantitative estimate of drug-likeness (QED) is 0.397. The molecule has 0 N–H and O–H groups in total. The van der Waals surface area contributed by atoms with E-state index < -0.39 is 42.5 Å². The Morgan fingerprint density at radius 2 is 1.00 bits per heavy atom.